The van der Waals surface area contributed by atoms with Crippen molar-refractivity contribution < 1.29 is 9.53 Å². The van der Waals surface area contributed by atoms with Crippen LogP contribution in [-0.4, -0.2) is 42.4 Å². The zero-order valence-electron chi connectivity index (χ0n) is 13.8. The van der Waals surface area contributed by atoms with Gasteiger partial charge >= 0.3 is 0 Å². The van der Waals surface area contributed by atoms with Crippen LogP contribution in [0.5, 0.6) is 5.75 Å². The second-order valence-corrected chi connectivity index (χ2v) is 5.97. The van der Waals surface area contributed by atoms with Crippen molar-refractivity contribution in [1.29, 1.82) is 0 Å². The highest BCUT2D eigenvalue weighted by Crippen LogP contribution is 2.21. The molecule has 1 unspecified atom stereocenters. The lowest BCUT2D eigenvalue weighted by molar-refractivity contribution is 0.100. The molecule has 0 saturated heterocycles. The summed E-state index contributed by atoms with van der Waals surface area (Å²) >= 11 is 0. The van der Waals surface area contributed by atoms with Crippen LogP contribution in [0.15, 0.2) is 30.5 Å². The minimum Gasteiger partial charge on any atom is -0.496 e. The second-order valence-electron chi connectivity index (χ2n) is 5.97. The number of para-hydroxylation sites is 1. The molecule has 0 saturated carbocycles. The molecule has 2 aromatic rings. The van der Waals surface area contributed by atoms with Gasteiger partial charge in [-0.25, -0.2) is 4.68 Å². The number of fused-ring (bicyclic) bond motifs is 1. The molecule has 1 aliphatic heterocycles. The summed E-state index contributed by atoms with van der Waals surface area (Å²) in [6.45, 7) is 3.34. The third kappa shape index (κ3) is 3.51. The Morgan fingerprint density at radius 2 is 2.33 bits per heavy atom. The highest BCUT2D eigenvalue weighted by molar-refractivity contribution is 5.97. The maximum Gasteiger partial charge on any atom is 0.254 e. The monoisotopic (exact) mass is 329 g/mol. The quantitative estimate of drug-likeness (QED) is 0.655. The first-order chi connectivity index (χ1) is 11.7. The predicted molar refractivity (Wildman–Crippen MR) is 92.3 cm³/mol. The van der Waals surface area contributed by atoms with Gasteiger partial charge < -0.3 is 21.1 Å². The van der Waals surface area contributed by atoms with E-state index in [-0.39, 0.29) is 0 Å². The standard InChI is InChI=1S/C17H23N5O2/c1-24-15-5-3-2-4-13(15)6-7-19-8-12-9-20-17-14(16(18)23)10-21-22(17)11-12/h2-5,10,12,19-20H,6-9,11H2,1H3,(H2,18,23). The number of ether oxygens (including phenoxy) is 1. The van der Waals surface area contributed by atoms with Crippen LogP contribution in [0.1, 0.15) is 15.9 Å². The molecule has 24 heavy (non-hydrogen) atoms. The molecule has 0 spiro atoms. The topological polar surface area (TPSA) is 94.2 Å². The molecule has 128 valence electrons. The third-order valence-corrected chi connectivity index (χ3v) is 4.29. The van der Waals surface area contributed by atoms with Crippen LogP contribution < -0.4 is 21.1 Å². The predicted octanol–water partition coefficient (Wildman–Crippen LogP) is 0.865. The van der Waals surface area contributed by atoms with Gasteiger partial charge in [-0.15, -0.1) is 0 Å². The number of nitrogens with one attached hydrogen (secondary N) is 2. The number of nitrogens with zero attached hydrogens (tertiary/aromatic N) is 2. The first kappa shape index (κ1) is 16.3. The van der Waals surface area contributed by atoms with E-state index in [1.165, 1.54) is 11.8 Å². The maximum absolute atomic E-state index is 11.3. The van der Waals surface area contributed by atoms with E-state index in [2.05, 4.69) is 21.8 Å². The Labute approximate surface area is 141 Å². The molecule has 3 rings (SSSR count). The summed E-state index contributed by atoms with van der Waals surface area (Å²) in [6.07, 6.45) is 2.45. The van der Waals surface area contributed by atoms with Crippen molar-refractivity contribution in [3.05, 3.63) is 41.6 Å². The molecule has 1 amide bonds. The number of benzene rings is 1. The molecule has 1 aromatic carbocycles. The molecule has 0 bridgehead atoms. The van der Waals surface area contributed by atoms with Gasteiger partial charge in [0.2, 0.25) is 0 Å². The average Bonchev–Trinajstić information content (AvgIpc) is 3.02. The molecule has 1 atom stereocenters. The summed E-state index contributed by atoms with van der Waals surface area (Å²) < 4.78 is 7.18. The van der Waals surface area contributed by atoms with E-state index in [0.717, 1.165) is 44.2 Å². The molecular formula is C17H23N5O2. The van der Waals surface area contributed by atoms with E-state index in [4.69, 9.17) is 10.5 Å². The summed E-state index contributed by atoms with van der Waals surface area (Å²) in [5, 5.41) is 11.0. The Kier molecular flexibility index (Phi) is 5.00. The number of primary amides is 1. The van der Waals surface area contributed by atoms with Gasteiger partial charge in [0.05, 0.1) is 13.3 Å². The normalized spacial score (nSPS) is 16.3. The van der Waals surface area contributed by atoms with Gasteiger partial charge in [-0.1, -0.05) is 18.2 Å². The fourth-order valence-electron chi connectivity index (χ4n) is 3.02. The van der Waals surface area contributed by atoms with Gasteiger partial charge in [-0.2, -0.15) is 5.10 Å². The summed E-state index contributed by atoms with van der Waals surface area (Å²) in [7, 11) is 1.70. The molecule has 0 fully saturated rings. The van der Waals surface area contributed by atoms with Crippen LogP contribution in [0, 0.1) is 5.92 Å². The van der Waals surface area contributed by atoms with Crippen molar-refractivity contribution in [1.82, 2.24) is 15.1 Å². The number of aromatic nitrogens is 2. The van der Waals surface area contributed by atoms with Crippen molar-refractivity contribution in [2.75, 3.05) is 32.1 Å². The Morgan fingerprint density at radius 1 is 1.50 bits per heavy atom. The van der Waals surface area contributed by atoms with Crippen LogP contribution in [0.3, 0.4) is 0 Å². The number of amides is 1. The number of hydrogen-bond acceptors (Lipinski definition) is 5. The number of nitrogens with two attached hydrogens (primary N) is 1. The third-order valence-electron chi connectivity index (χ3n) is 4.29. The van der Waals surface area contributed by atoms with Crippen molar-refractivity contribution in [2.24, 2.45) is 11.7 Å². The number of carbonyl (C=O) groups is 1. The van der Waals surface area contributed by atoms with E-state index in [1.54, 1.807) is 7.11 Å². The number of carbonyl (C=O) groups excluding carboxylic acids is 1. The lowest BCUT2D eigenvalue weighted by Gasteiger charge is -2.25. The second kappa shape index (κ2) is 7.35. The van der Waals surface area contributed by atoms with Crippen LogP contribution in [0.25, 0.3) is 0 Å². The van der Waals surface area contributed by atoms with Crippen LogP contribution >= 0.6 is 0 Å². The molecule has 7 heteroatoms. The van der Waals surface area contributed by atoms with Crippen LogP contribution in [0.2, 0.25) is 0 Å². The highest BCUT2D eigenvalue weighted by atomic mass is 16.5. The van der Waals surface area contributed by atoms with Crippen molar-refractivity contribution in [2.45, 2.75) is 13.0 Å². The van der Waals surface area contributed by atoms with Crippen molar-refractivity contribution >= 4 is 11.7 Å². The SMILES string of the molecule is COc1ccccc1CCNCC1CNc2c(C(N)=O)cnn2C1. The molecule has 1 aliphatic rings. The van der Waals surface area contributed by atoms with E-state index < -0.39 is 5.91 Å². The van der Waals surface area contributed by atoms with Crippen molar-refractivity contribution in [3.8, 4) is 5.75 Å². The molecule has 4 N–H and O–H groups in total. The lowest BCUT2D eigenvalue weighted by atomic mass is 10.1. The summed E-state index contributed by atoms with van der Waals surface area (Å²) in [6, 6.07) is 8.07. The van der Waals surface area contributed by atoms with E-state index >= 15 is 0 Å². The van der Waals surface area contributed by atoms with Gasteiger partial charge in [0.25, 0.3) is 5.91 Å². The van der Waals surface area contributed by atoms with Gasteiger partial charge in [0.15, 0.2) is 0 Å². The summed E-state index contributed by atoms with van der Waals surface area (Å²) in [4.78, 5) is 11.3. The first-order valence-electron chi connectivity index (χ1n) is 8.11. The fraction of sp³-hybridized carbons (Fsp3) is 0.412. The lowest BCUT2D eigenvalue weighted by Crippen LogP contribution is -2.36. The molecule has 7 nitrogen and oxygen atoms in total. The van der Waals surface area contributed by atoms with Gasteiger partial charge in [-0.05, 0) is 24.6 Å². The average molecular weight is 329 g/mol. The molecule has 2 heterocycles. The van der Waals surface area contributed by atoms with Crippen molar-refractivity contribution in [3.63, 3.8) is 0 Å². The smallest absolute Gasteiger partial charge is 0.254 e. The van der Waals surface area contributed by atoms with E-state index in [1.807, 2.05) is 22.9 Å². The van der Waals surface area contributed by atoms with Gasteiger partial charge in [0, 0.05) is 25.6 Å². The van der Waals surface area contributed by atoms with E-state index in [0.29, 0.717) is 11.5 Å². The Balaban J connectivity index is 1.47. The Bertz CT molecular complexity index is 713. The number of anilines is 1. The maximum atomic E-state index is 11.3. The Morgan fingerprint density at radius 3 is 3.12 bits per heavy atom. The molecule has 1 aromatic heterocycles. The molecular weight excluding hydrogens is 306 g/mol. The number of methoxy groups -OCH3 is 1. The molecule has 0 aliphatic carbocycles. The largest absolute Gasteiger partial charge is 0.496 e. The van der Waals surface area contributed by atoms with Crippen LogP contribution in [-0.2, 0) is 13.0 Å². The van der Waals surface area contributed by atoms with Crippen LogP contribution in [0.4, 0.5) is 5.82 Å². The zero-order chi connectivity index (χ0) is 16.9. The first-order valence-corrected chi connectivity index (χ1v) is 8.11. The van der Waals surface area contributed by atoms with E-state index in [9.17, 15) is 4.79 Å². The molecule has 0 radical (unpaired) electrons. The van der Waals surface area contributed by atoms with Gasteiger partial charge in [-0.3, -0.25) is 4.79 Å². The summed E-state index contributed by atoms with van der Waals surface area (Å²) in [5.41, 5.74) is 7.00. The fourth-order valence-corrected chi connectivity index (χ4v) is 3.02. The van der Waals surface area contributed by atoms with Gasteiger partial charge in [0.1, 0.15) is 17.1 Å². The number of hydrogen-bond donors (Lipinski definition) is 3. The summed E-state index contributed by atoms with van der Waals surface area (Å²) in [5.74, 6) is 1.62. The Hall–Kier alpha value is -2.54. The number of rotatable bonds is 7. The minimum absolute atomic E-state index is 0.413. The zero-order valence-corrected chi connectivity index (χ0v) is 13.8. The highest BCUT2D eigenvalue weighted by Gasteiger charge is 2.23. The minimum atomic E-state index is -0.447.